The van der Waals surface area contributed by atoms with E-state index in [9.17, 15) is 14.0 Å². The van der Waals surface area contributed by atoms with Crippen molar-refractivity contribution in [1.82, 2.24) is 4.57 Å². The van der Waals surface area contributed by atoms with Crippen LogP contribution in [0, 0.1) is 21.7 Å². The van der Waals surface area contributed by atoms with Crippen LogP contribution in [-0.4, -0.2) is 23.8 Å². The molecule has 0 amide bonds. The second kappa shape index (κ2) is 11.1. The summed E-state index contributed by atoms with van der Waals surface area (Å²) in [5.74, 6) is 2.01. The first-order valence-corrected chi connectivity index (χ1v) is 13.4. The highest BCUT2D eigenvalue weighted by Gasteiger charge is 2.33. The van der Waals surface area contributed by atoms with E-state index in [1.54, 1.807) is 32.1 Å². The van der Waals surface area contributed by atoms with E-state index in [2.05, 4.69) is 49.4 Å². The average Bonchev–Trinajstić information content (AvgIpc) is 3.12. The molecule has 10 heteroatoms. The Bertz CT molecular complexity index is 1600. The maximum absolute atomic E-state index is 13.7. The molecule has 0 saturated heterocycles. The van der Waals surface area contributed by atoms with Gasteiger partial charge >= 0.3 is 5.97 Å². The van der Waals surface area contributed by atoms with E-state index in [4.69, 9.17) is 15.9 Å². The van der Waals surface area contributed by atoms with Crippen LogP contribution in [0.5, 0.6) is 5.75 Å². The summed E-state index contributed by atoms with van der Waals surface area (Å²) in [7, 11) is 0. The fourth-order valence-electron chi connectivity index (χ4n) is 3.85. The lowest BCUT2D eigenvalue weighted by Gasteiger charge is -2.24. The number of hydrogen-bond acceptors (Lipinski definition) is 6. The molecule has 0 radical (unpaired) electrons. The minimum atomic E-state index is -0.817. The second-order valence-corrected chi connectivity index (χ2v) is 10.7. The van der Waals surface area contributed by atoms with Crippen LogP contribution in [0.1, 0.15) is 31.0 Å². The first-order chi connectivity index (χ1) is 17.2. The fourth-order valence-corrected chi connectivity index (χ4v) is 6.59. The van der Waals surface area contributed by atoms with Gasteiger partial charge in [-0.2, -0.15) is 0 Å². The van der Waals surface area contributed by atoms with Crippen LogP contribution in [-0.2, 0) is 9.53 Å². The summed E-state index contributed by atoms with van der Waals surface area (Å²) in [6, 6.07) is 8.59. The zero-order valence-electron chi connectivity index (χ0n) is 19.2. The monoisotopic (exact) mass is 680 g/mol. The summed E-state index contributed by atoms with van der Waals surface area (Å²) in [4.78, 5) is 31.6. The Balaban J connectivity index is 1.96. The van der Waals surface area contributed by atoms with E-state index in [0.717, 1.165) is 8.04 Å². The third-order valence-electron chi connectivity index (χ3n) is 5.33. The summed E-state index contributed by atoms with van der Waals surface area (Å²) in [6.07, 6.45) is 7.09. The van der Waals surface area contributed by atoms with Gasteiger partial charge in [-0.15, -0.1) is 6.42 Å². The standard InChI is InChI=1S/C26H19BrFIN2O4S/c1-4-10-35-23-16(11-17(27)13-19(23)29)12-20-24(32)31-22(15-6-8-18(28)9-7-15)21(25(33)34-5-2)14(3)30-26(31)36-20/h1,6-9,11-13,22H,5,10H2,2-3H3/b20-12-/t22-/m1/s1. The van der Waals surface area contributed by atoms with Crippen LogP contribution >= 0.6 is 49.9 Å². The summed E-state index contributed by atoms with van der Waals surface area (Å²) < 4.78 is 28.2. The van der Waals surface area contributed by atoms with E-state index in [1.165, 1.54) is 28.0 Å². The van der Waals surface area contributed by atoms with Gasteiger partial charge in [0.1, 0.15) is 18.2 Å². The number of hydrogen-bond donors (Lipinski definition) is 0. The molecule has 1 aliphatic heterocycles. The highest BCUT2D eigenvalue weighted by atomic mass is 127. The van der Waals surface area contributed by atoms with Crippen molar-refractivity contribution < 1.29 is 18.7 Å². The molecule has 3 aromatic rings. The zero-order valence-corrected chi connectivity index (χ0v) is 23.7. The third kappa shape index (κ3) is 5.19. The minimum absolute atomic E-state index is 0.0758. The molecule has 0 aliphatic carbocycles. The molecule has 1 atom stereocenters. The third-order valence-corrected chi connectivity index (χ3v) is 7.57. The van der Waals surface area contributed by atoms with Gasteiger partial charge in [0.15, 0.2) is 4.80 Å². The van der Waals surface area contributed by atoms with Crippen LogP contribution in [0.25, 0.3) is 6.08 Å². The van der Waals surface area contributed by atoms with Crippen LogP contribution in [0.4, 0.5) is 4.39 Å². The predicted octanol–water partition coefficient (Wildman–Crippen LogP) is 4.32. The van der Waals surface area contributed by atoms with Crippen molar-refractivity contribution >= 4 is 61.9 Å². The lowest BCUT2D eigenvalue weighted by atomic mass is 9.96. The Hall–Kier alpha value is -2.75. The van der Waals surface area contributed by atoms with E-state index in [1.807, 2.05) is 12.1 Å². The molecule has 0 bridgehead atoms. The first kappa shape index (κ1) is 26.3. The van der Waals surface area contributed by atoms with Crippen molar-refractivity contribution in [2.75, 3.05) is 13.2 Å². The Morgan fingerprint density at radius 3 is 2.75 bits per heavy atom. The quantitative estimate of drug-likeness (QED) is 0.221. The lowest BCUT2D eigenvalue weighted by Crippen LogP contribution is -2.39. The number of allylic oxidation sites excluding steroid dienone is 1. The molecule has 1 aromatic heterocycles. The normalized spacial score (nSPS) is 15.2. The van der Waals surface area contributed by atoms with Crippen LogP contribution in [0.2, 0.25) is 0 Å². The fraction of sp³-hybridized carbons (Fsp3) is 0.192. The molecular weight excluding hydrogens is 662 g/mol. The topological polar surface area (TPSA) is 69.9 Å². The van der Waals surface area contributed by atoms with Crippen molar-refractivity contribution in [2.45, 2.75) is 19.9 Å². The number of aromatic nitrogens is 1. The number of halogens is 3. The molecule has 0 N–H and O–H groups in total. The Kier molecular flexibility index (Phi) is 8.12. The number of ether oxygens (including phenoxy) is 2. The SMILES string of the molecule is C#CCOc1c(I)cc(Br)cc1/C=c1\sc2n(c1=O)[C@H](c1ccc(F)cc1)C(C(=O)OCC)=C(C)N=2. The highest BCUT2D eigenvalue weighted by molar-refractivity contribution is 14.1. The zero-order chi connectivity index (χ0) is 26.0. The summed E-state index contributed by atoms with van der Waals surface area (Å²) in [5, 5.41) is 0. The number of terminal acetylenes is 1. The van der Waals surface area contributed by atoms with Gasteiger partial charge in [-0.3, -0.25) is 9.36 Å². The summed E-state index contributed by atoms with van der Waals surface area (Å²) >= 11 is 6.82. The van der Waals surface area contributed by atoms with Gasteiger partial charge in [0.25, 0.3) is 5.56 Å². The van der Waals surface area contributed by atoms with E-state index in [-0.39, 0.29) is 24.3 Å². The number of benzene rings is 2. The number of nitrogens with zero attached hydrogens (tertiary/aromatic N) is 2. The number of rotatable bonds is 6. The minimum Gasteiger partial charge on any atom is -0.479 e. The second-order valence-electron chi connectivity index (χ2n) is 7.65. The highest BCUT2D eigenvalue weighted by Crippen LogP contribution is 2.32. The van der Waals surface area contributed by atoms with E-state index in [0.29, 0.717) is 31.9 Å². The first-order valence-electron chi connectivity index (χ1n) is 10.8. The molecule has 4 rings (SSSR count). The van der Waals surface area contributed by atoms with Gasteiger partial charge in [-0.05, 0) is 72.3 Å². The van der Waals surface area contributed by atoms with Crippen LogP contribution < -0.4 is 19.6 Å². The number of fused-ring (bicyclic) bond motifs is 1. The lowest BCUT2D eigenvalue weighted by molar-refractivity contribution is -0.139. The van der Waals surface area contributed by atoms with E-state index >= 15 is 0 Å². The van der Waals surface area contributed by atoms with Gasteiger partial charge in [0.2, 0.25) is 0 Å². The van der Waals surface area contributed by atoms with Gasteiger partial charge < -0.3 is 9.47 Å². The molecule has 0 spiro atoms. The number of carbonyl (C=O) groups is 1. The van der Waals surface area contributed by atoms with Crippen LogP contribution in [0.15, 0.2) is 61.9 Å². The Morgan fingerprint density at radius 2 is 2.08 bits per heavy atom. The molecule has 2 aromatic carbocycles. The molecular formula is C26H19BrFIN2O4S. The number of thiazole rings is 1. The van der Waals surface area contributed by atoms with Gasteiger partial charge in [0.05, 0.1) is 32.0 Å². The van der Waals surface area contributed by atoms with Gasteiger partial charge in [-0.25, -0.2) is 14.2 Å². The molecule has 6 nitrogen and oxygen atoms in total. The Morgan fingerprint density at radius 1 is 1.36 bits per heavy atom. The molecule has 0 fully saturated rings. The number of carbonyl (C=O) groups excluding carboxylic acids is 1. The van der Waals surface area contributed by atoms with Crippen molar-refractivity contribution in [3.8, 4) is 18.1 Å². The number of esters is 1. The smallest absolute Gasteiger partial charge is 0.338 e. The molecule has 36 heavy (non-hydrogen) atoms. The summed E-state index contributed by atoms with van der Waals surface area (Å²) in [6.45, 7) is 3.64. The molecule has 0 saturated carbocycles. The van der Waals surface area contributed by atoms with Crippen molar-refractivity contribution in [3.05, 3.63) is 92.3 Å². The molecule has 2 heterocycles. The van der Waals surface area contributed by atoms with Gasteiger partial charge in [0, 0.05) is 10.0 Å². The van der Waals surface area contributed by atoms with Crippen molar-refractivity contribution in [1.29, 1.82) is 0 Å². The summed E-state index contributed by atoms with van der Waals surface area (Å²) in [5.41, 5.74) is 1.55. The average molecular weight is 681 g/mol. The maximum atomic E-state index is 13.7. The molecule has 1 aliphatic rings. The molecule has 0 unspecified atom stereocenters. The largest absolute Gasteiger partial charge is 0.479 e. The maximum Gasteiger partial charge on any atom is 0.338 e. The van der Waals surface area contributed by atoms with Crippen LogP contribution in [0.3, 0.4) is 0 Å². The van der Waals surface area contributed by atoms with Gasteiger partial charge in [-0.1, -0.05) is 45.3 Å². The predicted molar refractivity (Wildman–Crippen MR) is 148 cm³/mol. The molecule has 184 valence electrons. The Labute approximate surface area is 232 Å². The van der Waals surface area contributed by atoms with Crippen molar-refractivity contribution in [3.63, 3.8) is 0 Å². The van der Waals surface area contributed by atoms with E-state index < -0.39 is 17.8 Å². The van der Waals surface area contributed by atoms with Crippen molar-refractivity contribution in [2.24, 2.45) is 4.99 Å².